The van der Waals surface area contributed by atoms with Gasteiger partial charge in [0.2, 0.25) is 0 Å². The molecule has 1 N–H and O–H groups in total. The van der Waals surface area contributed by atoms with Gasteiger partial charge in [0.15, 0.2) is 5.65 Å². The van der Waals surface area contributed by atoms with Gasteiger partial charge in [-0.25, -0.2) is 4.98 Å². The Kier molecular flexibility index (Phi) is 2.07. The molecule has 4 nitrogen and oxygen atoms in total. The predicted octanol–water partition coefficient (Wildman–Crippen LogP) is 2.37. The number of imidazole rings is 1. The number of aromatic hydroxyl groups is 1. The fourth-order valence-electron chi connectivity index (χ4n) is 1.45. The molecule has 0 saturated carbocycles. The molecule has 14 heavy (non-hydrogen) atoms. The van der Waals surface area contributed by atoms with E-state index in [0.29, 0.717) is 10.7 Å². The smallest absolute Gasteiger partial charge is 0.296 e. The molecular weight excluding hydrogens is 202 g/mol. The number of hydrogen-bond donors (Lipinski definition) is 1. The molecule has 0 aliphatic rings. The highest BCUT2D eigenvalue weighted by Crippen LogP contribution is 2.25. The third kappa shape index (κ3) is 1.32. The lowest BCUT2D eigenvalue weighted by atomic mass is 10.3. The first-order valence-electron chi connectivity index (χ1n) is 4.32. The predicted molar refractivity (Wildman–Crippen MR) is 54.6 cm³/mol. The minimum atomic E-state index is -0.0234. The average molecular weight is 212 g/mol. The lowest BCUT2D eigenvalue weighted by molar-refractivity contribution is 0.388. The van der Waals surface area contributed by atoms with Crippen LogP contribution in [0.3, 0.4) is 0 Å². The maximum absolute atomic E-state index is 9.56. The van der Waals surface area contributed by atoms with Crippen LogP contribution in [0.4, 0.5) is 0 Å². The Bertz CT molecular complexity index is 478. The minimum absolute atomic E-state index is 0.0234. The van der Waals surface area contributed by atoms with Crippen LogP contribution in [-0.2, 0) is 0 Å². The molecule has 74 valence electrons. The van der Waals surface area contributed by atoms with Gasteiger partial charge in [-0.05, 0) is 19.9 Å². The average Bonchev–Trinajstić information content (AvgIpc) is 2.40. The first-order chi connectivity index (χ1) is 6.59. The van der Waals surface area contributed by atoms with Crippen LogP contribution < -0.4 is 0 Å². The summed E-state index contributed by atoms with van der Waals surface area (Å²) in [5.74, 6) is 0. The molecular formula is C9H10ClN3O. The van der Waals surface area contributed by atoms with Crippen molar-refractivity contribution in [2.45, 2.75) is 19.9 Å². The molecule has 0 unspecified atom stereocenters. The van der Waals surface area contributed by atoms with E-state index in [4.69, 9.17) is 11.6 Å². The van der Waals surface area contributed by atoms with Crippen LogP contribution in [-0.4, -0.2) is 19.6 Å². The molecule has 0 aromatic carbocycles. The molecule has 0 spiro atoms. The number of pyridine rings is 1. The fourth-order valence-corrected chi connectivity index (χ4v) is 1.60. The number of aromatic nitrogens is 3. The SMILES string of the molecule is CC(C)n1c(O)nc2ncc(Cl)cc21. The largest absolute Gasteiger partial charge is 0.480 e. The number of fused-ring (bicyclic) bond motifs is 1. The number of nitrogens with zero attached hydrogens (tertiary/aromatic N) is 3. The molecule has 2 heterocycles. The lowest BCUT2D eigenvalue weighted by Crippen LogP contribution is -1.99. The second-order valence-electron chi connectivity index (χ2n) is 3.37. The van der Waals surface area contributed by atoms with Crippen molar-refractivity contribution in [3.05, 3.63) is 17.3 Å². The van der Waals surface area contributed by atoms with Crippen molar-refractivity contribution >= 4 is 22.8 Å². The summed E-state index contributed by atoms with van der Waals surface area (Å²) in [5.41, 5.74) is 1.27. The molecule has 0 fully saturated rings. The zero-order valence-electron chi connectivity index (χ0n) is 7.90. The highest BCUT2D eigenvalue weighted by Gasteiger charge is 2.13. The zero-order valence-corrected chi connectivity index (χ0v) is 8.65. The Morgan fingerprint density at radius 1 is 1.50 bits per heavy atom. The van der Waals surface area contributed by atoms with E-state index in [1.54, 1.807) is 10.6 Å². The number of halogens is 1. The van der Waals surface area contributed by atoms with E-state index in [9.17, 15) is 5.11 Å². The van der Waals surface area contributed by atoms with Crippen molar-refractivity contribution in [1.29, 1.82) is 0 Å². The van der Waals surface area contributed by atoms with Crippen LogP contribution in [0.2, 0.25) is 5.02 Å². The fraction of sp³-hybridized carbons (Fsp3) is 0.333. The summed E-state index contributed by atoms with van der Waals surface area (Å²) in [6.45, 7) is 3.92. The second kappa shape index (κ2) is 3.13. The van der Waals surface area contributed by atoms with Gasteiger partial charge in [-0.3, -0.25) is 4.57 Å². The van der Waals surface area contributed by atoms with Gasteiger partial charge in [0.25, 0.3) is 6.01 Å². The van der Waals surface area contributed by atoms with Crippen molar-refractivity contribution in [2.75, 3.05) is 0 Å². The third-order valence-corrected chi connectivity index (χ3v) is 2.22. The summed E-state index contributed by atoms with van der Waals surface area (Å²) in [6.07, 6.45) is 1.51. The van der Waals surface area contributed by atoms with E-state index in [0.717, 1.165) is 5.52 Å². The Morgan fingerprint density at radius 3 is 2.86 bits per heavy atom. The first-order valence-corrected chi connectivity index (χ1v) is 4.70. The van der Waals surface area contributed by atoms with E-state index in [1.165, 1.54) is 6.20 Å². The number of hydrogen-bond acceptors (Lipinski definition) is 3. The molecule has 0 amide bonds. The lowest BCUT2D eigenvalue weighted by Gasteiger charge is -2.08. The molecule has 0 aliphatic heterocycles. The molecule has 2 rings (SSSR count). The van der Waals surface area contributed by atoms with Gasteiger partial charge in [-0.2, -0.15) is 4.98 Å². The van der Waals surface area contributed by atoms with Gasteiger partial charge in [-0.1, -0.05) is 11.6 Å². The molecule has 2 aromatic heterocycles. The van der Waals surface area contributed by atoms with Crippen LogP contribution in [0.5, 0.6) is 6.01 Å². The van der Waals surface area contributed by atoms with Crippen molar-refractivity contribution < 1.29 is 5.11 Å². The Balaban J connectivity index is 2.79. The van der Waals surface area contributed by atoms with Gasteiger partial charge >= 0.3 is 0 Å². The topological polar surface area (TPSA) is 50.9 Å². The summed E-state index contributed by atoms with van der Waals surface area (Å²) in [4.78, 5) is 7.94. The highest BCUT2D eigenvalue weighted by atomic mass is 35.5. The van der Waals surface area contributed by atoms with Gasteiger partial charge in [0.1, 0.15) is 0 Å². The van der Waals surface area contributed by atoms with E-state index >= 15 is 0 Å². The normalized spacial score (nSPS) is 11.4. The first kappa shape index (κ1) is 9.27. The second-order valence-corrected chi connectivity index (χ2v) is 3.81. The maximum atomic E-state index is 9.56. The van der Waals surface area contributed by atoms with E-state index in [-0.39, 0.29) is 12.1 Å². The monoisotopic (exact) mass is 211 g/mol. The quantitative estimate of drug-likeness (QED) is 0.788. The van der Waals surface area contributed by atoms with Crippen molar-refractivity contribution in [3.8, 4) is 6.01 Å². The van der Waals surface area contributed by atoms with E-state index in [1.807, 2.05) is 13.8 Å². The van der Waals surface area contributed by atoms with Gasteiger partial charge in [0.05, 0.1) is 10.5 Å². The van der Waals surface area contributed by atoms with Crippen molar-refractivity contribution in [2.24, 2.45) is 0 Å². The molecule has 0 atom stereocenters. The summed E-state index contributed by atoms with van der Waals surface area (Å²) in [5, 5.41) is 10.1. The van der Waals surface area contributed by atoms with Gasteiger partial charge in [0, 0.05) is 12.2 Å². The van der Waals surface area contributed by atoms with Crippen molar-refractivity contribution in [1.82, 2.24) is 14.5 Å². The zero-order chi connectivity index (χ0) is 10.3. The Morgan fingerprint density at radius 2 is 2.21 bits per heavy atom. The summed E-state index contributed by atoms with van der Waals surface area (Å²) >= 11 is 5.82. The number of rotatable bonds is 1. The summed E-state index contributed by atoms with van der Waals surface area (Å²) in [6, 6.07) is 1.85. The van der Waals surface area contributed by atoms with Crippen LogP contribution in [0, 0.1) is 0 Å². The molecule has 0 radical (unpaired) electrons. The standard InChI is InChI=1S/C9H10ClN3O/c1-5(2)13-7-3-6(10)4-11-8(7)12-9(13)14/h3-5H,1-2H3,(H,11,12,14). The highest BCUT2D eigenvalue weighted by molar-refractivity contribution is 6.31. The molecule has 0 aliphatic carbocycles. The summed E-state index contributed by atoms with van der Waals surface area (Å²) in [7, 11) is 0. The van der Waals surface area contributed by atoms with E-state index < -0.39 is 0 Å². The van der Waals surface area contributed by atoms with Crippen LogP contribution in [0.25, 0.3) is 11.2 Å². The molecule has 5 heteroatoms. The van der Waals surface area contributed by atoms with Crippen LogP contribution >= 0.6 is 11.6 Å². The molecule has 0 bridgehead atoms. The third-order valence-electron chi connectivity index (χ3n) is 2.01. The Labute approximate surface area is 86.2 Å². The summed E-state index contributed by atoms with van der Waals surface area (Å²) < 4.78 is 1.69. The van der Waals surface area contributed by atoms with Crippen LogP contribution in [0.1, 0.15) is 19.9 Å². The maximum Gasteiger partial charge on any atom is 0.296 e. The van der Waals surface area contributed by atoms with Gasteiger partial charge < -0.3 is 5.11 Å². The Hall–Kier alpha value is -1.29. The van der Waals surface area contributed by atoms with Gasteiger partial charge in [-0.15, -0.1) is 0 Å². The van der Waals surface area contributed by atoms with Crippen molar-refractivity contribution in [3.63, 3.8) is 0 Å². The van der Waals surface area contributed by atoms with E-state index in [2.05, 4.69) is 9.97 Å². The minimum Gasteiger partial charge on any atom is -0.480 e. The molecule has 2 aromatic rings. The molecule has 0 saturated heterocycles. The van der Waals surface area contributed by atoms with Crippen LogP contribution in [0.15, 0.2) is 12.3 Å².